The van der Waals surface area contributed by atoms with Crippen LogP contribution in [0.25, 0.3) is 0 Å². The summed E-state index contributed by atoms with van der Waals surface area (Å²) >= 11 is 0. The summed E-state index contributed by atoms with van der Waals surface area (Å²) < 4.78 is 28.7. The number of hydrogen-bond acceptors (Lipinski definition) is 4. The minimum absolute atomic E-state index is 0.167. The topological polar surface area (TPSA) is 76.0 Å². The lowest BCUT2D eigenvalue weighted by Crippen LogP contribution is -2.19. The number of sulfonamides is 1. The molecular formula is C14H20N4O2S. The SMILES string of the molecule is CCNCCn1cc(S(=O)(=O)Nc2cccc(C)c2)cn1. The lowest BCUT2D eigenvalue weighted by molar-refractivity contribution is 0.564. The first kappa shape index (κ1) is 15.5. The maximum absolute atomic E-state index is 12.3. The molecule has 0 unspecified atom stereocenters. The zero-order chi connectivity index (χ0) is 15.3. The third kappa shape index (κ3) is 4.30. The molecule has 1 heterocycles. The molecule has 0 saturated heterocycles. The monoisotopic (exact) mass is 308 g/mol. The van der Waals surface area contributed by atoms with Gasteiger partial charge < -0.3 is 5.32 Å². The molecule has 1 aromatic heterocycles. The van der Waals surface area contributed by atoms with E-state index in [-0.39, 0.29) is 4.90 Å². The number of nitrogens with one attached hydrogen (secondary N) is 2. The van der Waals surface area contributed by atoms with Crippen LogP contribution >= 0.6 is 0 Å². The smallest absolute Gasteiger partial charge is 0.265 e. The quantitative estimate of drug-likeness (QED) is 0.762. The normalized spacial score (nSPS) is 11.5. The van der Waals surface area contributed by atoms with E-state index in [0.717, 1.165) is 18.7 Å². The Morgan fingerprint density at radius 1 is 1.33 bits per heavy atom. The van der Waals surface area contributed by atoms with Gasteiger partial charge in [0, 0.05) is 18.4 Å². The largest absolute Gasteiger partial charge is 0.315 e. The van der Waals surface area contributed by atoms with Crippen LogP contribution in [-0.2, 0) is 16.6 Å². The number of anilines is 1. The predicted molar refractivity (Wildman–Crippen MR) is 82.8 cm³/mol. The van der Waals surface area contributed by atoms with Crippen LogP contribution in [0.2, 0.25) is 0 Å². The van der Waals surface area contributed by atoms with Gasteiger partial charge >= 0.3 is 0 Å². The van der Waals surface area contributed by atoms with Crippen LogP contribution in [0.15, 0.2) is 41.6 Å². The summed E-state index contributed by atoms with van der Waals surface area (Å²) in [6.45, 7) is 6.19. The minimum Gasteiger partial charge on any atom is -0.315 e. The van der Waals surface area contributed by atoms with Crippen molar-refractivity contribution in [2.75, 3.05) is 17.8 Å². The van der Waals surface area contributed by atoms with E-state index in [2.05, 4.69) is 15.1 Å². The van der Waals surface area contributed by atoms with Crippen molar-refractivity contribution in [2.45, 2.75) is 25.3 Å². The fourth-order valence-corrected chi connectivity index (χ4v) is 2.90. The van der Waals surface area contributed by atoms with Gasteiger partial charge in [0.05, 0.1) is 12.7 Å². The fraction of sp³-hybridized carbons (Fsp3) is 0.357. The third-order valence-electron chi connectivity index (χ3n) is 2.96. The second-order valence-corrected chi connectivity index (χ2v) is 6.45. The van der Waals surface area contributed by atoms with Crippen molar-refractivity contribution in [2.24, 2.45) is 0 Å². The Morgan fingerprint density at radius 3 is 2.86 bits per heavy atom. The molecule has 0 amide bonds. The van der Waals surface area contributed by atoms with Crippen LogP contribution in [0.4, 0.5) is 5.69 Å². The van der Waals surface area contributed by atoms with Gasteiger partial charge in [-0.05, 0) is 31.2 Å². The van der Waals surface area contributed by atoms with Crippen molar-refractivity contribution in [3.8, 4) is 0 Å². The summed E-state index contributed by atoms with van der Waals surface area (Å²) in [4.78, 5) is 0.167. The molecule has 0 aliphatic heterocycles. The first-order chi connectivity index (χ1) is 10.0. The Balaban J connectivity index is 2.09. The van der Waals surface area contributed by atoms with E-state index in [1.165, 1.54) is 12.4 Å². The number of aromatic nitrogens is 2. The molecule has 6 nitrogen and oxygen atoms in total. The van der Waals surface area contributed by atoms with E-state index >= 15 is 0 Å². The number of nitrogens with zero attached hydrogens (tertiary/aromatic N) is 2. The van der Waals surface area contributed by atoms with Gasteiger partial charge in [-0.3, -0.25) is 9.40 Å². The van der Waals surface area contributed by atoms with E-state index < -0.39 is 10.0 Å². The molecule has 0 aliphatic rings. The van der Waals surface area contributed by atoms with Crippen molar-refractivity contribution in [1.29, 1.82) is 0 Å². The molecule has 114 valence electrons. The highest BCUT2D eigenvalue weighted by Crippen LogP contribution is 2.16. The average molecular weight is 308 g/mol. The van der Waals surface area contributed by atoms with Gasteiger partial charge in [-0.1, -0.05) is 19.1 Å². The standard InChI is InChI=1S/C14H20N4O2S/c1-3-15-7-8-18-11-14(10-16-18)21(19,20)17-13-6-4-5-12(2)9-13/h4-6,9-11,15,17H,3,7-8H2,1-2H3. The summed E-state index contributed by atoms with van der Waals surface area (Å²) in [6, 6.07) is 7.23. The average Bonchev–Trinajstić information content (AvgIpc) is 2.88. The van der Waals surface area contributed by atoms with Gasteiger partial charge in [-0.15, -0.1) is 0 Å². The van der Waals surface area contributed by atoms with Gasteiger partial charge in [0.1, 0.15) is 4.90 Å². The lowest BCUT2D eigenvalue weighted by Gasteiger charge is -2.06. The molecule has 2 N–H and O–H groups in total. The first-order valence-electron chi connectivity index (χ1n) is 6.84. The second-order valence-electron chi connectivity index (χ2n) is 4.77. The molecule has 2 aromatic rings. The van der Waals surface area contributed by atoms with E-state index in [9.17, 15) is 8.42 Å². The predicted octanol–water partition coefficient (Wildman–Crippen LogP) is 1.60. The first-order valence-corrected chi connectivity index (χ1v) is 8.32. The molecule has 1 aromatic carbocycles. The maximum Gasteiger partial charge on any atom is 0.265 e. The highest BCUT2D eigenvalue weighted by Gasteiger charge is 2.16. The number of rotatable bonds is 7. The maximum atomic E-state index is 12.3. The van der Waals surface area contributed by atoms with Crippen molar-refractivity contribution in [3.05, 3.63) is 42.2 Å². The van der Waals surface area contributed by atoms with Crippen LogP contribution in [-0.4, -0.2) is 31.3 Å². The van der Waals surface area contributed by atoms with E-state index in [4.69, 9.17) is 0 Å². The Kier molecular flexibility index (Phi) is 4.98. The van der Waals surface area contributed by atoms with Gasteiger partial charge in [-0.2, -0.15) is 5.10 Å². The van der Waals surface area contributed by atoms with Crippen molar-refractivity contribution < 1.29 is 8.42 Å². The Bertz CT molecular complexity index is 695. The molecule has 0 spiro atoms. The summed E-state index contributed by atoms with van der Waals surface area (Å²) in [5.74, 6) is 0. The number of benzene rings is 1. The van der Waals surface area contributed by atoms with Crippen molar-refractivity contribution in [1.82, 2.24) is 15.1 Å². The Labute approximate surface area is 125 Å². The summed E-state index contributed by atoms with van der Waals surface area (Å²) in [6.07, 6.45) is 2.90. The van der Waals surface area contributed by atoms with Gasteiger partial charge in [0.2, 0.25) is 0 Å². The molecule has 7 heteroatoms. The lowest BCUT2D eigenvalue weighted by atomic mass is 10.2. The molecule has 0 atom stereocenters. The molecule has 0 fully saturated rings. The fourth-order valence-electron chi connectivity index (χ4n) is 1.90. The molecule has 0 radical (unpaired) electrons. The number of hydrogen-bond donors (Lipinski definition) is 2. The Morgan fingerprint density at radius 2 is 2.14 bits per heavy atom. The molecule has 2 rings (SSSR count). The zero-order valence-electron chi connectivity index (χ0n) is 12.2. The Hall–Kier alpha value is -1.86. The summed E-state index contributed by atoms with van der Waals surface area (Å²) in [7, 11) is -3.59. The van der Waals surface area contributed by atoms with Crippen LogP contribution in [0.5, 0.6) is 0 Å². The number of likely N-dealkylation sites (N-methyl/N-ethyl adjacent to an activating group) is 1. The minimum atomic E-state index is -3.59. The number of aryl methyl sites for hydroxylation is 1. The van der Waals surface area contributed by atoms with E-state index in [1.54, 1.807) is 16.8 Å². The van der Waals surface area contributed by atoms with Crippen molar-refractivity contribution >= 4 is 15.7 Å². The molecule has 21 heavy (non-hydrogen) atoms. The summed E-state index contributed by atoms with van der Waals surface area (Å²) in [5, 5.41) is 7.24. The van der Waals surface area contributed by atoms with E-state index in [0.29, 0.717) is 12.2 Å². The second kappa shape index (κ2) is 6.73. The highest BCUT2D eigenvalue weighted by atomic mass is 32.2. The molecule has 0 saturated carbocycles. The van der Waals surface area contributed by atoms with Gasteiger partial charge in [0.15, 0.2) is 0 Å². The molecular weight excluding hydrogens is 288 g/mol. The van der Waals surface area contributed by atoms with Gasteiger partial charge in [0.25, 0.3) is 10.0 Å². The zero-order valence-corrected chi connectivity index (χ0v) is 13.0. The van der Waals surface area contributed by atoms with Gasteiger partial charge in [-0.25, -0.2) is 8.42 Å². The molecule has 0 bridgehead atoms. The van der Waals surface area contributed by atoms with Crippen LogP contribution < -0.4 is 10.0 Å². The highest BCUT2D eigenvalue weighted by molar-refractivity contribution is 7.92. The summed E-state index contributed by atoms with van der Waals surface area (Å²) in [5.41, 5.74) is 1.55. The third-order valence-corrected chi connectivity index (χ3v) is 4.29. The van der Waals surface area contributed by atoms with Crippen LogP contribution in [0.3, 0.4) is 0 Å². The van der Waals surface area contributed by atoms with Crippen molar-refractivity contribution in [3.63, 3.8) is 0 Å². The van der Waals surface area contributed by atoms with E-state index in [1.807, 2.05) is 26.0 Å². The van der Waals surface area contributed by atoms with Crippen LogP contribution in [0, 0.1) is 6.92 Å². The van der Waals surface area contributed by atoms with Crippen LogP contribution in [0.1, 0.15) is 12.5 Å². The molecule has 0 aliphatic carbocycles.